The molecule has 5 heteroatoms. The van der Waals surface area contributed by atoms with Gasteiger partial charge in [-0.2, -0.15) is 0 Å². The van der Waals surface area contributed by atoms with E-state index in [9.17, 15) is 4.79 Å². The second-order valence-electron chi connectivity index (χ2n) is 5.53. The second kappa shape index (κ2) is 7.49. The first-order chi connectivity index (χ1) is 12.2. The van der Waals surface area contributed by atoms with Crippen LogP contribution in [0.4, 0.5) is 17.2 Å². The van der Waals surface area contributed by atoms with Gasteiger partial charge >= 0.3 is 0 Å². The topological polar surface area (TPSA) is 63.2 Å². The Labute approximate surface area is 146 Å². The van der Waals surface area contributed by atoms with E-state index in [1.165, 1.54) is 0 Å². The SMILES string of the molecule is COc1ccccc1C(=O)Nc1ccc(Nc2ccccc2C)nc1. The van der Waals surface area contributed by atoms with Crippen LogP contribution in [0.2, 0.25) is 0 Å². The molecule has 0 aliphatic rings. The quantitative estimate of drug-likeness (QED) is 0.727. The number of pyridine rings is 1. The number of nitrogens with one attached hydrogen (secondary N) is 2. The van der Waals surface area contributed by atoms with E-state index in [0.717, 1.165) is 11.3 Å². The molecule has 3 rings (SSSR count). The monoisotopic (exact) mass is 333 g/mol. The maximum Gasteiger partial charge on any atom is 0.259 e. The van der Waals surface area contributed by atoms with Crippen molar-refractivity contribution < 1.29 is 9.53 Å². The van der Waals surface area contributed by atoms with Gasteiger partial charge in [0.2, 0.25) is 0 Å². The Morgan fingerprint density at radius 3 is 2.48 bits per heavy atom. The van der Waals surface area contributed by atoms with Crippen molar-refractivity contribution in [1.29, 1.82) is 0 Å². The fourth-order valence-electron chi connectivity index (χ4n) is 2.42. The highest BCUT2D eigenvalue weighted by Crippen LogP contribution is 2.21. The Morgan fingerprint density at radius 1 is 1.00 bits per heavy atom. The van der Waals surface area contributed by atoms with Crippen LogP contribution in [0.25, 0.3) is 0 Å². The molecule has 5 nitrogen and oxygen atoms in total. The van der Waals surface area contributed by atoms with Gasteiger partial charge in [0, 0.05) is 5.69 Å². The molecular formula is C20H19N3O2. The standard InChI is InChI=1S/C20H19N3O2/c1-14-7-3-5-9-17(14)23-19-12-11-15(13-21-19)22-20(24)16-8-4-6-10-18(16)25-2/h3-13H,1-2H3,(H,21,23)(H,22,24). The van der Waals surface area contributed by atoms with Gasteiger partial charge in [0.15, 0.2) is 0 Å². The number of benzene rings is 2. The first kappa shape index (κ1) is 16.5. The zero-order valence-corrected chi connectivity index (χ0v) is 14.1. The minimum atomic E-state index is -0.237. The van der Waals surface area contributed by atoms with E-state index in [1.54, 1.807) is 37.6 Å². The lowest BCUT2D eigenvalue weighted by Crippen LogP contribution is -2.13. The molecule has 1 aromatic heterocycles. The van der Waals surface area contributed by atoms with Gasteiger partial charge in [-0.05, 0) is 42.8 Å². The average molecular weight is 333 g/mol. The van der Waals surface area contributed by atoms with Crippen molar-refractivity contribution in [2.45, 2.75) is 6.92 Å². The van der Waals surface area contributed by atoms with Crippen LogP contribution in [0.15, 0.2) is 66.9 Å². The Balaban J connectivity index is 1.70. The van der Waals surface area contributed by atoms with Crippen LogP contribution < -0.4 is 15.4 Å². The van der Waals surface area contributed by atoms with E-state index in [1.807, 2.05) is 43.3 Å². The third kappa shape index (κ3) is 3.95. The number of carbonyl (C=O) groups is 1. The molecule has 0 fully saturated rings. The number of carbonyl (C=O) groups excluding carboxylic acids is 1. The molecule has 1 amide bonds. The third-order valence-corrected chi connectivity index (χ3v) is 3.78. The van der Waals surface area contributed by atoms with Gasteiger partial charge < -0.3 is 15.4 Å². The van der Waals surface area contributed by atoms with Crippen molar-refractivity contribution in [2.75, 3.05) is 17.7 Å². The molecule has 0 unspecified atom stereocenters. The third-order valence-electron chi connectivity index (χ3n) is 3.78. The molecule has 0 aliphatic carbocycles. The Hall–Kier alpha value is -3.34. The van der Waals surface area contributed by atoms with Crippen LogP contribution in [-0.4, -0.2) is 18.0 Å². The number of methoxy groups -OCH3 is 1. The molecule has 0 radical (unpaired) electrons. The van der Waals surface area contributed by atoms with E-state index in [2.05, 4.69) is 15.6 Å². The van der Waals surface area contributed by atoms with Gasteiger partial charge in [-0.1, -0.05) is 30.3 Å². The summed E-state index contributed by atoms with van der Waals surface area (Å²) >= 11 is 0. The second-order valence-corrected chi connectivity index (χ2v) is 5.53. The highest BCUT2D eigenvalue weighted by Gasteiger charge is 2.11. The van der Waals surface area contributed by atoms with Crippen molar-refractivity contribution in [1.82, 2.24) is 4.98 Å². The van der Waals surface area contributed by atoms with E-state index in [0.29, 0.717) is 22.8 Å². The van der Waals surface area contributed by atoms with Gasteiger partial charge in [0.1, 0.15) is 11.6 Å². The summed E-state index contributed by atoms with van der Waals surface area (Å²) < 4.78 is 5.21. The van der Waals surface area contributed by atoms with Crippen LogP contribution in [0.1, 0.15) is 15.9 Å². The number of aromatic nitrogens is 1. The summed E-state index contributed by atoms with van der Waals surface area (Å²) in [5.41, 5.74) is 3.23. The number of hydrogen-bond acceptors (Lipinski definition) is 4. The molecule has 0 saturated carbocycles. The number of anilines is 3. The van der Waals surface area contributed by atoms with Crippen LogP contribution in [0, 0.1) is 6.92 Å². The molecule has 0 bridgehead atoms. The van der Waals surface area contributed by atoms with Crippen molar-refractivity contribution in [2.24, 2.45) is 0 Å². The van der Waals surface area contributed by atoms with Gasteiger partial charge in [-0.3, -0.25) is 4.79 Å². The Morgan fingerprint density at radius 2 is 1.76 bits per heavy atom. The van der Waals surface area contributed by atoms with Gasteiger partial charge in [-0.25, -0.2) is 4.98 Å². The molecule has 0 atom stereocenters. The highest BCUT2D eigenvalue weighted by molar-refractivity contribution is 6.06. The van der Waals surface area contributed by atoms with Crippen LogP contribution in [-0.2, 0) is 0 Å². The van der Waals surface area contributed by atoms with Crippen molar-refractivity contribution in [3.05, 3.63) is 78.0 Å². The molecule has 0 saturated heterocycles. The molecule has 1 heterocycles. The number of para-hydroxylation sites is 2. The van der Waals surface area contributed by atoms with E-state index in [-0.39, 0.29) is 5.91 Å². The summed E-state index contributed by atoms with van der Waals surface area (Å²) in [7, 11) is 1.54. The number of amides is 1. The van der Waals surface area contributed by atoms with Crippen molar-refractivity contribution >= 4 is 23.1 Å². The van der Waals surface area contributed by atoms with Crippen molar-refractivity contribution in [3.8, 4) is 5.75 Å². The lowest BCUT2D eigenvalue weighted by Gasteiger charge is -2.11. The number of aryl methyl sites for hydroxylation is 1. The zero-order chi connectivity index (χ0) is 17.6. The molecule has 126 valence electrons. The fraction of sp³-hybridized carbons (Fsp3) is 0.100. The van der Waals surface area contributed by atoms with Crippen LogP contribution >= 0.6 is 0 Å². The summed E-state index contributed by atoms with van der Waals surface area (Å²) in [5.74, 6) is 1.01. The fourth-order valence-corrected chi connectivity index (χ4v) is 2.42. The van der Waals surface area contributed by atoms with E-state index < -0.39 is 0 Å². The molecule has 3 aromatic rings. The molecule has 0 spiro atoms. The van der Waals surface area contributed by atoms with Crippen molar-refractivity contribution in [3.63, 3.8) is 0 Å². The normalized spacial score (nSPS) is 10.2. The first-order valence-electron chi connectivity index (χ1n) is 7.90. The first-order valence-corrected chi connectivity index (χ1v) is 7.90. The lowest BCUT2D eigenvalue weighted by atomic mass is 10.2. The number of nitrogens with zero attached hydrogens (tertiary/aromatic N) is 1. The molecule has 2 aromatic carbocycles. The lowest BCUT2D eigenvalue weighted by molar-refractivity contribution is 0.102. The summed E-state index contributed by atoms with van der Waals surface area (Å²) in [6.45, 7) is 2.03. The van der Waals surface area contributed by atoms with Gasteiger partial charge in [0.05, 0.1) is 24.6 Å². The summed E-state index contributed by atoms with van der Waals surface area (Å²) in [6.07, 6.45) is 1.62. The van der Waals surface area contributed by atoms with Crippen LogP contribution in [0.3, 0.4) is 0 Å². The number of rotatable bonds is 5. The van der Waals surface area contributed by atoms with Gasteiger partial charge in [0.25, 0.3) is 5.91 Å². The summed E-state index contributed by atoms with van der Waals surface area (Å²) in [5, 5.41) is 6.09. The number of hydrogen-bond donors (Lipinski definition) is 2. The predicted octanol–water partition coefficient (Wildman–Crippen LogP) is 4.39. The zero-order valence-electron chi connectivity index (χ0n) is 14.1. The van der Waals surface area contributed by atoms with Gasteiger partial charge in [-0.15, -0.1) is 0 Å². The minimum absolute atomic E-state index is 0.237. The maximum absolute atomic E-state index is 12.4. The maximum atomic E-state index is 12.4. The van der Waals surface area contributed by atoms with E-state index >= 15 is 0 Å². The predicted molar refractivity (Wildman–Crippen MR) is 99.6 cm³/mol. The Kier molecular flexibility index (Phi) is 4.95. The molecule has 25 heavy (non-hydrogen) atoms. The minimum Gasteiger partial charge on any atom is -0.496 e. The van der Waals surface area contributed by atoms with Crippen LogP contribution in [0.5, 0.6) is 5.75 Å². The highest BCUT2D eigenvalue weighted by atomic mass is 16.5. The number of ether oxygens (including phenoxy) is 1. The summed E-state index contributed by atoms with van der Waals surface area (Å²) in [4.78, 5) is 16.7. The molecular weight excluding hydrogens is 314 g/mol. The van der Waals surface area contributed by atoms with E-state index in [4.69, 9.17) is 4.74 Å². The Bertz CT molecular complexity index is 876. The molecule has 2 N–H and O–H groups in total. The molecule has 0 aliphatic heterocycles. The smallest absolute Gasteiger partial charge is 0.259 e. The summed E-state index contributed by atoms with van der Waals surface area (Å²) in [6, 6.07) is 18.7. The average Bonchev–Trinajstić information content (AvgIpc) is 2.65. The largest absolute Gasteiger partial charge is 0.496 e.